The number of carbonyl (C=O) groups excluding carboxylic acids is 2. The quantitative estimate of drug-likeness (QED) is 0.250. The number of thioether (sulfide) groups is 1. The van der Waals surface area contributed by atoms with Gasteiger partial charge in [0.15, 0.2) is 0 Å². The molecule has 0 fully saturated rings. The Bertz CT molecular complexity index is 977. The molecule has 0 saturated carbocycles. The molecule has 0 unspecified atom stereocenters. The zero-order valence-corrected chi connectivity index (χ0v) is 22.4. The van der Waals surface area contributed by atoms with Crippen LogP contribution in [0.1, 0.15) is 31.4 Å². The Balaban J connectivity index is 0.00000648. The Kier molecular flexibility index (Phi) is 14.0. The molecule has 0 bridgehead atoms. The number of amides is 2. The van der Waals surface area contributed by atoms with E-state index in [-0.39, 0.29) is 49.4 Å². The number of rotatable bonds is 14. The van der Waals surface area contributed by atoms with Crippen molar-refractivity contribution >= 4 is 42.0 Å². The van der Waals surface area contributed by atoms with Crippen molar-refractivity contribution in [2.75, 3.05) is 12.0 Å². The minimum absolute atomic E-state index is 0. The van der Waals surface area contributed by atoms with Gasteiger partial charge in [-0.05, 0) is 36.0 Å². The van der Waals surface area contributed by atoms with Crippen LogP contribution < -0.4 is 16.0 Å². The molecule has 0 aromatic heterocycles. The largest absolute Gasteiger partial charge is 0.508 e. The lowest BCUT2D eigenvalue weighted by atomic mass is 10.0. The van der Waals surface area contributed by atoms with E-state index < -0.39 is 30.0 Å². The third kappa shape index (κ3) is 10.1. The topological polar surface area (TPSA) is 128 Å². The molecule has 0 heterocycles. The molecule has 2 rings (SSSR count). The lowest BCUT2D eigenvalue weighted by molar-refractivity contribution is -0.142. The summed E-state index contributed by atoms with van der Waals surface area (Å²) in [6.45, 7) is 4.04. The van der Waals surface area contributed by atoms with E-state index in [0.717, 1.165) is 5.56 Å². The van der Waals surface area contributed by atoms with Crippen molar-refractivity contribution < 1.29 is 24.6 Å². The standard InChI is InChI=1S/C26H35N3O5S.ClH/c1-17(2)23(27-16-19-11-7-8-12-22(19)30)25(32)29-21(15-18-9-5-4-6-10-18)24(31)28-20(26(33)34)13-14-35-3;/h4-12,17,20-21,23,27,30H,13-16H2,1-3H3,(H,28,31)(H,29,32)(H,33,34);1H/t20-,21-,23-;/m0./s1. The Morgan fingerprint density at radius 2 is 1.53 bits per heavy atom. The number of carbonyl (C=O) groups is 3. The third-order valence-electron chi connectivity index (χ3n) is 5.59. The lowest BCUT2D eigenvalue weighted by Crippen LogP contribution is -2.56. The normalized spacial score (nSPS) is 13.2. The maximum Gasteiger partial charge on any atom is 0.326 e. The van der Waals surface area contributed by atoms with Crippen LogP contribution in [0.5, 0.6) is 5.75 Å². The summed E-state index contributed by atoms with van der Waals surface area (Å²) in [4.78, 5) is 38.0. The number of halogens is 1. The molecule has 3 atom stereocenters. The molecule has 198 valence electrons. The highest BCUT2D eigenvalue weighted by Crippen LogP contribution is 2.16. The highest BCUT2D eigenvalue weighted by molar-refractivity contribution is 7.98. The van der Waals surface area contributed by atoms with Crippen LogP contribution in [0, 0.1) is 5.92 Å². The SMILES string of the molecule is CSCC[C@H](NC(=O)[C@H](Cc1ccccc1)NC(=O)[C@@H](NCc1ccccc1O)C(C)C)C(=O)O.Cl. The summed E-state index contributed by atoms with van der Waals surface area (Å²) >= 11 is 1.50. The molecular formula is C26H36ClN3O5S. The predicted octanol–water partition coefficient (Wildman–Crippen LogP) is 2.98. The molecule has 2 aromatic rings. The van der Waals surface area contributed by atoms with Crippen LogP contribution in [-0.2, 0) is 27.3 Å². The molecule has 2 amide bonds. The second kappa shape index (κ2) is 16.1. The number of aliphatic carboxylic acids is 1. The summed E-state index contributed by atoms with van der Waals surface area (Å²) in [6.07, 6.45) is 2.37. The zero-order chi connectivity index (χ0) is 25.8. The fourth-order valence-electron chi connectivity index (χ4n) is 3.60. The third-order valence-corrected chi connectivity index (χ3v) is 6.24. The first-order valence-corrected chi connectivity index (χ1v) is 13.0. The average Bonchev–Trinajstić information content (AvgIpc) is 2.82. The predicted molar refractivity (Wildman–Crippen MR) is 145 cm³/mol. The van der Waals surface area contributed by atoms with Crippen LogP contribution in [0.4, 0.5) is 0 Å². The van der Waals surface area contributed by atoms with Crippen molar-refractivity contribution in [2.45, 2.75) is 51.4 Å². The van der Waals surface area contributed by atoms with Crippen molar-refractivity contribution in [1.29, 1.82) is 0 Å². The minimum atomic E-state index is -1.11. The molecule has 5 N–H and O–H groups in total. The Morgan fingerprint density at radius 3 is 2.11 bits per heavy atom. The van der Waals surface area contributed by atoms with Gasteiger partial charge in [0.25, 0.3) is 0 Å². The minimum Gasteiger partial charge on any atom is -0.508 e. The second-order valence-electron chi connectivity index (χ2n) is 8.66. The maximum absolute atomic E-state index is 13.3. The fraction of sp³-hybridized carbons (Fsp3) is 0.423. The monoisotopic (exact) mass is 537 g/mol. The summed E-state index contributed by atoms with van der Waals surface area (Å²) in [5.74, 6) is -1.41. The first-order valence-electron chi connectivity index (χ1n) is 11.6. The molecule has 0 aliphatic carbocycles. The van der Waals surface area contributed by atoms with Crippen LogP contribution in [-0.4, -0.2) is 58.1 Å². The van der Waals surface area contributed by atoms with Crippen LogP contribution in [0.2, 0.25) is 0 Å². The lowest BCUT2D eigenvalue weighted by Gasteiger charge is -2.26. The van der Waals surface area contributed by atoms with Crippen molar-refractivity contribution in [3.63, 3.8) is 0 Å². The van der Waals surface area contributed by atoms with Gasteiger partial charge in [0.05, 0.1) is 6.04 Å². The zero-order valence-electron chi connectivity index (χ0n) is 20.8. The molecule has 0 spiro atoms. The number of carboxylic acids is 1. The van der Waals surface area contributed by atoms with Crippen LogP contribution in [0.3, 0.4) is 0 Å². The highest BCUT2D eigenvalue weighted by atomic mass is 35.5. The van der Waals surface area contributed by atoms with E-state index in [1.165, 1.54) is 11.8 Å². The molecule has 8 nitrogen and oxygen atoms in total. The summed E-state index contributed by atoms with van der Waals surface area (Å²) in [7, 11) is 0. The van der Waals surface area contributed by atoms with Gasteiger partial charge in [0, 0.05) is 18.5 Å². The average molecular weight is 538 g/mol. The first-order chi connectivity index (χ1) is 16.7. The Morgan fingerprint density at radius 1 is 0.917 bits per heavy atom. The molecule has 0 radical (unpaired) electrons. The van der Waals surface area contributed by atoms with Crippen molar-refractivity contribution in [2.24, 2.45) is 5.92 Å². The van der Waals surface area contributed by atoms with Crippen molar-refractivity contribution in [3.05, 3.63) is 65.7 Å². The van der Waals surface area contributed by atoms with Gasteiger partial charge in [-0.3, -0.25) is 9.59 Å². The number of para-hydroxylation sites is 1. The molecule has 0 aliphatic rings. The van der Waals surface area contributed by atoms with Crippen molar-refractivity contribution in [3.8, 4) is 5.75 Å². The number of nitrogens with one attached hydrogen (secondary N) is 3. The summed E-state index contributed by atoms with van der Waals surface area (Å²) in [5, 5.41) is 28.1. The van der Waals surface area contributed by atoms with Crippen molar-refractivity contribution in [1.82, 2.24) is 16.0 Å². The fourth-order valence-corrected chi connectivity index (χ4v) is 4.07. The van der Waals surface area contributed by atoms with E-state index >= 15 is 0 Å². The Hall–Kier alpha value is -2.75. The summed E-state index contributed by atoms with van der Waals surface area (Å²) in [5.41, 5.74) is 1.50. The van der Waals surface area contributed by atoms with Gasteiger partial charge in [-0.25, -0.2) is 4.79 Å². The number of phenols is 1. The number of carboxylic acid groups (broad SMARTS) is 1. The summed E-state index contributed by atoms with van der Waals surface area (Å²) < 4.78 is 0. The molecule has 0 aliphatic heterocycles. The summed E-state index contributed by atoms with van der Waals surface area (Å²) in [6, 6.07) is 13.5. The molecule has 10 heteroatoms. The van der Waals surface area contributed by atoms with Gasteiger partial charge < -0.3 is 26.2 Å². The van der Waals surface area contributed by atoms with E-state index in [2.05, 4.69) is 16.0 Å². The van der Waals surface area contributed by atoms with Gasteiger partial charge in [0.2, 0.25) is 11.8 Å². The van der Waals surface area contributed by atoms with Crippen LogP contribution in [0.15, 0.2) is 54.6 Å². The van der Waals surface area contributed by atoms with E-state index in [9.17, 15) is 24.6 Å². The molecular weight excluding hydrogens is 502 g/mol. The van der Waals surface area contributed by atoms with E-state index in [1.54, 1.807) is 24.3 Å². The van der Waals surface area contributed by atoms with Gasteiger partial charge >= 0.3 is 5.97 Å². The molecule has 2 aromatic carbocycles. The molecule has 36 heavy (non-hydrogen) atoms. The van der Waals surface area contributed by atoms with Gasteiger partial charge in [-0.15, -0.1) is 12.4 Å². The van der Waals surface area contributed by atoms with E-state index in [0.29, 0.717) is 11.3 Å². The maximum atomic E-state index is 13.3. The highest BCUT2D eigenvalue weighted by Gasteiger charge is 2.30. The smallest absolute Gasteiger partial charge is 0.326 e. The van der Waals surface area contributed by atoms with Crippen LogP contribution >= 0.6 is 24.2 Å². The second-order valence-corrected chi connectivity index (χ2v) is 9.65. The van der Waals surface area contributed by atoms with E-state index in [1.807, 2.05) is 50.4 Å². The molecule has 0 saturated heterocycles. The van der Waals surface area contributed by atoms with Gasteiger partial charge in [-0.2, -0.15) is 11.8 Å². The number of aromatic hydroxyl groups is 1. The van der Waals surface area contributed by atoms with Crippen LogP contribution in [0.25, 0.3) is 0 Å². The Labute approximate surface area is 223 Å². The number of phenolic OH excluding ortho intramolecular Hbond substituents is 1. The number of hydrogen-bond acceptors (Lipinski definition) is 6. The van der Waals surface area contributed by atoms with E-state index in [4.69, 9.17) is 0 Å². The number of benzene rings is 2. The van der Waals surface area contributed by atoms with Gasteiger partial charge in [-0.1, -0.05) is 62.4 Å². The number of hydrogen-bond donors (Lipinski definition) is 5. The van der Waals surface area contributed by atoms with Gasteiger partial charge in [0.1, 0.15) is 17.8 Å². The first kappa shape index (κ1) is 31.3.